The molecule has 0 aliphatic heterocycles. The van der Waals surface area contributed by atoms with Gasteiger partial charge in [0.05, 0.1) is 5.84 Å². The Bertz CT molecular complexity index is 567. The molecular formula is C10H11F3N2O3S. The average molecular weight is 296 g/mol. The number of hydrogen-bond acceptors (Lipinski definition) is 4. The number of halogens is 3. The zero-order valence-corrected chi connectivity index (χ0v) is 10.5. The van der Waals surface area contributed by atoms with Gasteiger partial charge >= 0.3 is 15.6 Å². The molecule has 1 atom stereocenters. The zero-order valence-electron chi connectivity index (χ0n) is 9.73. The highest BCUT2D eigenvalue weighted by molar-refractivity contribution is 7.87. The van der Waals surface area contributed by atoms with E-state index < -0.39 is 27.3 Å². The van der Waals surface area contributed by atoms with Gasteiger partial charge in [-0.2, -0.15) is 21.6 Å². The smallest absolute Gasteiger partial charge is 0.387 e. The molecular weight excluding hydrogens is 285 g/mol. The molecule has 0 saturated carbocycles. The molecule has 5 nitrogen and oxygen atoms in total. The highest BCUT2D eigenvalue weighted by Gasteiger charge is 2.48. The van der Waals surface area contributed by atoms with Crippen molar-refractivity contribution in [3.05, 3.63) is 29.8 Å². The SMILES string of the molecule is CC(C(=N)N)c1ccc(OS(=O)(=O)C(F)(F)F)cc1. The van der Waals surface area contributed by atoms with E-state index in [1.54, 1.807) is 6.92 Å². The van der Waals surface area contributed by atoms with Crippen molar-refractivity contribution in [2.45, 2.75) is 18.3 Å². The van der Waals surface area contributed by atoms with E-state index in [0.717, 1.165) is 12.1 Å². The number of hydrogen-bond donors (Lipinski definition) is 2. The fourth-order valence-electron chi connectivity index (χ4n) is 1.17. The van der Waals surface area contributed by atoms with Crippen molar-refractivity contribution < 1.29 is 25.8 Å². The molecule has 1 aromatic rings. The highest BCUT2D eigenvalue weighted by Crippen LogP contribution is 2.27. The van der Waals surface area contributed by atoms with Crippen molar-refractivity contribution in [1.29, 1.82) is 5.41 Å². The summed E-state index contributed by atoms with van der Waals surface area (Å²) in [5.41, 5.74) is 0.358. The fourth-order valence-corrected chi connectivity index (χ4v) is 1.62. The summed E-state index contributed by atoms with van der Waals surface area (Å²) in [5.74, 6) is -0.998. The Hall–Kier alpha value is -1.77. The van der Waals surface area contributed by atoms with Crippen LogP contribution in [0.15, 0.2) is 24.3 Å². The molecule has 0 heterocycles. The van der Waals surface area contributed by atoms with Crippen LogP contribution in [0.2, 0.25) is 0 Å². The molecule has 0 bridgehead atoms. The van der Waals surface area contributed by atoms with E-state index in [-0.39, 0.29) is 5.84 Å². The van der Waals surface area contributed by atoms with E-state index in [4.69, 9.17) is 11.1 Å². The van der Waals surface area contributed by atoms with Gasteiger partial charge in [-0.05, 0) is 17.7 Å². The van der Waals surface area contributed by atoms with E-state index in [2.05, 4.69) is 4.18 Å². The van der Waals surface area contributed by atoms with Crippen LogP contribution in [0.1, 0.15) is 18.4 Å². The van der Waals surface area contributed by atoms with Gasteiger partial charge in [-0.1, -0.05) is 19.1 Å². The lowest BCUT2D eigenvalue weighted by Crippen LogP contribution is -2.28. The third-order valence-electron chi connectivity index (χ3n) is 2.34. The maximum atomic E-state index is 12.1. The molecule has 1 aromatic carbocycles. The van der Waals surface area contributed by atoms with Crippen LogP contribution in [0, 0.1) is 5.41 Å². The molecule has 19 heavy (non-hydrogen) atoms. The molecule has 0 radical (unpaired) electrons. The third-order valence-corrected chi connectivity index (χ3v) is 3.31. The van der Waals surface area contributed by atoms with Crippen LogP contribution in [0.3, 0.4) is 0 Å². The Balaban J connectivity index is 2.93. The van der Waals surface area contributed by atoms with Gasteiger partial charge in [0.25, 0.3) is 0 Å². The lowest BCUT2D eigenvalue weighted by atomic mass is 10.0. The molecule has 106 valence electrons. The Labute approximate surface area is 107 Å². The van der Waals surface area contributed by atoms with Gasteiger partial charge in [0.15, 0.2) is 0 Å². The third kappa shape index (κ3) is 3.60. The standard InChI is InChI=1S/C10H11F3N2O3S/c1-6(9(14)15)7-2-4-8(5-3-7)18-19(16,17)10(11,12)13/h2-6H,1H3,(H3,14,15). The topological polar surface area (TPSA) is 93.2 Å². The second kappa shape index (κ2) is 5.08. The van der Waals surface area contributed by atoms with Crippen LogP contribution in [-0.2, 0) is 10.1 Å². The summed E-state index contributed by atoms with van der Waals surface area (Å²) < 4.78 is 61.6. The minimum atomic E-state index is -5.67. The number of amidine groups is 1. The van der Waals surface area contributed by atoms with Crippen LogP contribution in [0.25, 0.3) is 0 Å². The van der Waals surface area contributed by atoms with E-state index >= 15 is 0 Å². The first-order valence-corrected chi connectivity index (χ1v) is 6.40. The van der Waals surface area contributed by atoms with Gasteiger partial charge in [-0.15, -0.1) is 0 Å². The van der Waals surface area contributed by atoms with Crippen molar-refractivity contribution in [2.24, 2.45) is 5.73 Å². The first kappa shape index (κ1) is 15.3. The summed E-state index contributed by atoms with van der Waals surface area (Å²) in [5, 5.41) is 7.22. The fraction of sp³-hybridized carbons (Fsp3) is 0.300. The first-order chi connectivity index (χ1) is 8.54. The molecule has 0 saturated heterocycles. The molecule has 0 fully saturated rings. The van der Waals surface area contributed by atoms with Gasteiger partial charge in [-0.3, -0.25) is 5.41 Å². The van der Waals surface area contributed by atoms with Gasteiger partial charge < -0.3 is 9.92 Å². The molecule has 0 aliphatic carbocycles. The number of nitrogens with two attached hydrogens (primary N) is 1. The highest BCUT2D eigenvalue weighted by atomic mass is 32.2. The molecule has 9 heteroatoms. The molecule has 0 spiro atoms. The van der Waals surface area contributed by atoms with Crippen LogP contribution < -0.4 is 9.92 Å². The Morgan fingerprint density at radius 3 is 2.16 bits per heavy atom. The Kier molecular flexibility index (Phi) is 4.09. The minimum absolute atomic E-state index is 0.114. The van der Waals surface area contributed by atoms with E-state index in [9.17, 15) is 21.6 Å². The normalized spacial score (nSPS) is 13.9. The maximum absolute atomic E-state index is 12.1. The molecule has 0 aromatic heterocycles. The lowest BCUT2D eigenvalue weighted by Gasteiger charge is -2.12. The number of benzene rings is 1. The van der Waals surface area contributed by atoms with Gasteiger partial charge in [0.1, 0.15) is 5.75 Å². The number of rotatable bonds is 4. The van der Waals surface area contributed by atoms with E-state index in [1.165, 1.54) is 12.1 Å². The molecule has 0 amide bonds. The maximum Gasteiger partial charge on any atom is 0.534 e. The number of nitrogens with one attached hydrogen (secondary N) is 1. The first-order valence-electron chi connectivity index (χ1n) is 4.99. The molecule has 1 unspecified atom stereocenters. The number of alkyl halides is 3. The molecule has 3 N–H and O–H groups in total. The van der Waals surface area contributed by atoms with Crippen LogP contribution in [0.5, 0.6) is 5.75 Å². The van der Waals surface area contributed by atoms with Crippen molar-refractivity contribution >= 4 is 16.0 Å². The second-order valence-electron chi connectivity index (χ2n) is 3.73. The molecule has 1 rings (SSSR count). The summed E-state index contributed by atoms with van der Waals surface area (Å²) in [7, 11) is -5.67. The van der Waals surface area contributed by atoms with Crippen molar-refractivity contribution in [1.82, 2.24) is 0 Å². The van der Waals surface area contributed by atoms with Crippen LogP contribution in [0.4, 0.5) is 13.2 Å². The van der Waals surface area contributed by atoms with Gasteiger partial charge in [0, 0.05) is 5.92 Å². The van der Waals surface area contributed by atoms with Crippen LogP contribution >= 0.6 is 0 Å². The van der Waals surface area contributed by atoms with Gasteiger partial charge in [-0.25, -0.2) is 0 Å². The summed E-state index contributed by atoms with van der Waals surface area (Å²) in [6.45, 7) is 1.63. The predicted molar refractivity (Wildman–Crippen MR) is 62.4 cm³/mol. The average Bonchev–Trinajstić information content (AvgIpc) is 2.27. The monoisotopic (exact) mass is 296 g/mol. The minimum Gasteiger partial charge on any atom is -0.387 e. The predicted octanol–water partition coefficient (Wildman–Crippen LogP) is 1.95. The summed E-state index contributed by atoms with van der Waals surface area (Å²) in [4.78, 5) is 0. The van der Waals surface area contributed by atoms with Crippen molar-refractivity contribution in [3.8, 4) is 5.75 Å². The van der Waals surface area contributed by atoms with E-state index in [0.29, 0.717) is 5.56 Å². The summed E-state index contributed by atoms with van der Waals surface area (Å²) in [6.07, 6.45) is 0. The quantitative estimate of drug-likeness (QED) is 0.384. The van der Waals surface area contributed by atoms with Crippen molar-refractivity contribution in [2.75, 3.05) is 0 Å². The van der Waals surface area contributed by atoms with Crippen molar-refractivity contribution in [3.63, 3.8) is 0 Å². The largest absolute Gasteiger partial charge is 0.534 e. The summed E-state index contributed by atoms with van der Waals surface area (Å²) >= 11 is 0. The lowest BCUT2D eigenvalue weighted by molar-refractivity contribution is -0.0500. The molecule has 0 aliphatic rings. The second-order valence-corrected chi connectivity index (χ2v) is 5.27. The van der Waals surface area contributed by atoms with Crippen LogP contribution in [-0.4, -0.2) is 19.8 Å². The summed E-state index contributed by atoms with van der Waals surface area (Å²) in [6, 6.07) is 4.82. The van der Waals surface area contributed by atoms with E-state index in [1.807, 2.05) is 0 Å². The zero-order chi connectivity index (χ0) is 14.8. The Morgan fingerprint density at radius 1 is 1.32 bits per heavy atom. The van der Waals surface area contributed by atoms with Gasteiger partial charge in [0.2, 0.25) is 0 Å². The Morgan fingerprint density at radius 2 is 1.79 bits per heavy atom.